The Morgan fingerprint density at radius 2 is 1.80 bits per heavy atom. The van der Waals surface area contributed by atoms with Crippen LogP contribution in [0.5, 0.6) is 0 Å². The quantitative estimate of drug-likeness (QED) is 0.372. The highest BCUT2D eigenvalue weighted by atomic mass is 16.4. The normalized spacial score (nSPS) is 14.2. The number of nitrogens with one attached hydrogen (secondary N) is 2. The van der Waals surface area contributed by atoms with Crippen molar-refractivity contribution in [1.29, 1.82) is 0 Å². The van der Waals surface area contributed by atoms with Gasteiger partial charge in [-0.1, -0.05) is 30.3 Å². The summed E-state index contributed by atoms with van der Waals surface area (Å²) in [5.41, 5.74) is 9.52. The molecule has 178 valence electrons. The van der Waals surface area contributed by atoms with Crippen molar-refractivity contribution in [2.24, 2.45) is 5.10 Å². The van der Waals surface area contributed by atoms with Gasteiger partial charge >= 0.3 is 0 Å². The van der Waals surface area contributed by atoms with Gasteiger partial charge in [-0.05, 0) is 56.9 Å². The molecule has 2 amide bonds. The lowest BCUT2D eigenvalue weighted by molar-refractivity contribution is -0.120. The van der Waals surface area contributed by atoms with Crippen LogP contribution >= 0.6 is 0 Å². The highest BCUT2D eigenvalue weighted by Gasteiger charge is 2.28. The number of rotatable bonds is 5. The van der Waals surface area contributed by atoms with Crippen molar-refractivity contribution in [3.05, 3.63) is 88.1 Å². The van der Waals surface area contributed by atoms with Crippen LogP contribution in [0.25, 0.3) is 11.0 Å². The van der Waals surface area contributed by atoms with Gasteiger partial charge in [-0.3, -0.25) is 9.59 Å². The second-order valence-electron chi connectivity index (χ2n) is 8.94. The van der Waals surface area contributed by atoms with Gasteiger partial charge in [-0.15, -0.1) is 0 Å². The number of carbonyl (C=O) groups is 2. The molecule has 5 rings (SSSR count). The number of amides is 2. The van der Waals surface area contributed by atoms with Crippen LogP contribution in [-0.4, -0.2) is 17.5 Å². The molecule has 0 aliphatic heterocycles. The average Bonchev–Trinajstić information content (AvgIpc) is 3.42. The summed E-state index contributed by atoms with van der Waals surface area (Å²) in [7, 11) is 0. The molecule has 7 nitrogen and oxygen atoms in total. The van der Waals surface area contributed by atoms with Crippen LogP contribution in [0.3, 0.4) is 0 Å². The molecule has 1 aliphatic rings. The molecule has 0 atom stereocenters. The van der Waals surface area contributed by atoms with Crippen LogP contribution in [0.15, 0.2) is 62.7 Å². The number of furan rings is 2. The second kappa shape index (κ2) is 9.25. The minimum atomic E-state index is -0.302. The number of aryl methyl sites for hydroxylation is 3. The minimum absolute atomic E-state index is 0.161. The lowest BCUT2D eigenvalue weighted by Crippen LogP contribution is -2.23. The van der Waals surface area contributed by atoms with Crippen molar-refractivity contribution < 1.29 is 18.4 Å². The predicted octanol–water partition coefficient (Wildman–Crippen LogP) is 5.60. The number of para-hydroxylation sites is 1. The fraction of sp³-hybridized carbons (Fsp3) is 0.250. The molecule has 7 heteroatoms. The van der Waals surface area contributed by atoms with E-state index in [4.69, 9.17) is 8.83 Å². The Bertz CT molecular complexity index is 1460. The molecule has 0 saturated heterocycles. The lowest BCUT2D eigenvalue weighted by Gasteiger charge is -2.13. The first-order chi connectivity index (χ1) is 16.9. The smallest absolute Gasteiger partial charge is 0.291 e. The lowest BCUT2D eigenvalue weighted by atomic mass is 9.93. The van der Waals surface area contributed by atoms with Gasteiger partial charge in [0.05, 0.1) is 18.4 Å². The maximum atomic E-state index is 12.8. The molecule has 2 heterocycles. The van der Waals surface area contributed by atoms with E-state index in [0.717, 1.165) is 63.1 Å². The molecule has 0 unspecified atom stereocenters. The Morgan fingerprint density at radius 3 is 2.60 bits per heavy atom. The molecule has 0 saturated carbocycles. The van der Waals surface area contributed by atoms with Gasteiger partial charge in [-0.2, -0.15) is 5.10 Å². The highest BCUT2D eigenvalue weighted by Crippen LogP contribution is 2.30. The van der Waals surface area contributed by atoms with E-state index in [-0.39, 0.29) is 24.0 Å². The first kappa shape index (κ1) is 22.7. The van der Waals surface area contributed by atoms with Crippen LogP contribution < -0.4 is 10.7 Å². The number of carbonyl (C=O) groups excluding carboxylic acids is 2. The molecular weight excluding hydrogens is 442 g/mol. The van der Waals surface area contributed by atoms with Gasteiger partial charge in [0.25, 0.3) is 5.91 Å². The topological polar surface area (TPSA) is 96.8 Å². The summed E-state index contributed by atoms with van der Waals surface area (Å²) in [6, 6.07) is 13.3. The van der Waals surface area contributed by atoms with Gasteiger partial charge < -0.3 is 14.2 Å². The van der Waals surface area contributed by atoms with E-state index in [1.54, 1.807) is 6.26 Å². The maximum absolute atomic E-state index is 12.8. The zero-order valence-electron chi connectivity index (χ0n) is 20.0. The highest BCUT2D eigenvalue weighted by molar-refractivity contribution is 6.09. The van der Waals surface area contributed by atoms with Gasteiger partial charge in [0.1, 0.15) is 11.3 Å². The summed E-state index contributed by atoms with van der Waals surface area (Å²) in [6.45, 7) is 5.90. The van der Waals surface area contributed by atoms with Crippen molar-refractivity contribution in [2.45, 2.75) is 46.5 Å². The third-order valence-corrected chi connectivity index (χ3v) is 6.57. The summed E-state index contributed by atoms with van der Waals surface area (Å²) in [4.78, 5) is 25.5. The average molecular weight is 470 g/mol. The number of nitrogens with zero attached hydrogens (tertiary/aromatic N) is 1. The molecule has 0 spiro atoms. The summed E-state index contributed by atoms with van der Waals surface area (Å²) in [5, 5.41) is 8.24. The van der Waals surface area contributed by atoms with Crippen LogP contribution in [0.2, 0.25) is 0 Å². The molecule has 2 aromatic heterocycles. The van der Waals surface area contributed by atoms with Gasteiger partial charge in [0.2, 0.25) is 5.91 Å². The monoisotopic (exact) mass is 469 g/mol. The largest absolute Gasteiger partial charge is 0.464 e. The van der Waals surface area contributed by atoms with Gasteiger partial charge in [-0.25, -0.2) is 5.43 Å². The SMILES string of the molecule is Cc1ccc2c(CC(=O)N/N=C3\CCCc4oc(C(=O)Nc5ccccc5)c(C)c43)coc2c1C. The molecule has 0 bridgehead atoms. The molecule has 1 aliphatic carbocycles. The van der Waals surface area contributed by atoms with E-state index in [9.17, 15) is 9.59 Å². The Hall–Kier alpha value is -4.13. The van der Waals surface area contributed by atoms with E-state index in [1.165, 1.54) is 0 Å². The summed E-state index contributed by atoms with van der Waals surface area (Å²) in [6.07, 6.45) is 4.05. The Kier molecular flexibility index (Phi) is 5.99. The van der Waals surface area contributed by atoms with Crippen LogP contribution in [0.4, 0.5) is 5.69 Å². The first-order valence-corrected chi connectivity index (χ1v) is 11.7. The van der Waals surface area contributed by atoms with Crippen molar-refractivity contribution in [3.63, 3.8) is 0 Å². The number of fused-ring (bicyclic) bond motifs is 2. The standard InChI is InChI=1S/C28H27N3O4/c1-16-12-13-21-19(15-34-26(21)17(16)2)14-24(32)31-30-22-10-7-11-23-25(22)18(3)27(35-23)28(33)29-20-8-5-4-6-9-20/h4-6,8-9,12-13,15H,7,10-11,14H2,1-3H3,(H,29,33)(H,31,32)/b30-22+. The predicted molar refractivity (Wildman–Crippen MR) is 135 cm³/mol. The number of benzene rings is 2. The maximum Gasteiger partial charge on any atom is 0.291 e. The first-order valence-electron chi connectivity index (χ1n) is 11.7. The second-order valence-corrected chi connectivity index (χ2v) is 8.94. The van der Waals surface area contributed by atoms with Crippen molar-refractivity contribution in [3.8, 4) is 0 Å². The van der Waals surface area contributed by atoms with E-state index in [1.807, 2.05) is 63.2 Å². The number of hydrogen-bond acceptors (Lipinski definition) is 5. The molecule has 2 N–H and O–H groups in total. The van der Waals surface area contributed by atoms with Crippen LogP contribution in [0, 0.1) is 20.8 Å². The summed E-state index contributed by atoms with van der Waals surface area (Å²) < 4.78 is 11.7. The number of anilines is 1. The Balaban J connectivity index is 1.33. The van der Waals surface area contributed by atoms with E-state index in [0.29, 0.717) is 12.1 Å². The van der Waals surface area contributed by atoms with E-state index >= 15 is 0 Å². The Labute approximate surface area is 203 Å². The molecule has 0 radical (unpaired) electrons. The van der Waals surface area contributed by atoms with Crippen molar-refractivity contribution in [2.75, 3.05) is 5.32 Å². The number of hydrogen-bond donors (Lipinski definition) is 2. The zero-order chi connectivity index (χ0) is 24.5. The molecule has 35 heavy (non-hydrogen) atoms. The van der Waals surface area contributed by atoms with E-state index in [2.05, 4.69) is 15.8 Å². The van der Waals surface area contributed by atoms with Crippen LogP contribution in [0.1, 0.15) is 57.0 Å². The fourth-order valence-electron chi connectivity index (χ4n) is 4.57. The molecule has 2 aromatic carbocycles. The van der Waals surface area contributed by atoms with Gasteiger partial charge in [0, 0.05) is 34.2 Å². The zero-order valence-corrected chi connectivity index (χ0v) is 20.0. The summed E-state index contributed by atoms with van der Waals surface area (Å²) in [5.74, 6) is 0.472. The number of hydrazone groups is 1. The van der Waals surface area contributed by atoms with Crippen molar-refractivity contribution in [1.82, 2.24) is 5.43 Å². The van der Waals surface area contributed by atoms with Crippen molar-refractivity contribution >= 4 is 34.2 Å². The minimum Gasteiger partial charge on any atom is -0.464 e. The fourth-order valence-corrected chi connectivity index (χ4v) is 4.57. The molecule has 0 fully saturated rings. The van der Waals surface area contributed by atoms with E-state index < -0.39 is 0 Å². The van der Waals surface area contributed by atoms with Crippen LogP contribution in [-0.2, 0) is 17.6 Å². The third kappa shape index (κ3) is 4.37. The van der Waals surface area contributed by atoms with Gasteiger partial charge in [0.15, 0.2) is 5.76 Å². The third-order valence-electron chi connectivity index (χ3n) is 6.57. The summed E-state index contributed by atoms with van der Waals surface area (Å²) >= 11 is 0. The molecular formula is C28H27N3O4. The Morgan fingerprint density at radius 1 is 1.00 bits per heavy atom. The molecule has 4 aromatic rings.